The summed E-state index contributed by atoms with van der Waals surface area (Å²) in [5, 5.41) is 13.5. The highest BCUT2D eigenvalue weighted by Crippen LogP contribution is 2.29. The number of piperidine rings is 1. The molecule has 0 amide bonds. The lowest BCUT2D eigenvalue weighted by atomic mass is 9.89. The third-order valence-corrected chi connectivity index (χ3v) is 2.72. The van der Waals surface area contributed by atoms with E-state index < -0.39 is 5.60 Å². The second-order valence-electron chi connectivity index (χ2n) is 3.67. The maximum atomic E-state index is 10.3. The Morgan fingerprint density at radius 2 is 2.23 bits per heavy atom. The van der Waals surface area contributed by atoms with Crippen LogP contribution in [-0.2, 0) is 12.6 Å². The number of rotatable bonds is 1. The average Bonchev–Trinajstić information content (AvgIpc) is 2.53. The zero-order valence-corrected chi connectivity index (χ0v) is 7.82. The molecule has 1 aromatic rings. The number of imidazole rings is 1. The smallest absolute Gasteiger partial charge is 0.108 e. The van der Waals surface area contributed by atoms with E-state index in [0.29, 0.717) is 0 Å². The van der Waals surface area contributed by atoms with Gasteiger partial charge in [-0.3, -0.25) is 0 Å². The van der Waals surface area contributed by atoms with E-state index in [0.717, 1.165) is 31.6 Å². The zero-order valence-electron chi connectivity index (χ0n) is 7.82. The molecule has 0 bridgehead atoms. The molecule has 1 saturated heterocycles. The first-order valence-corrected chi connectivity index (χ1v) is 4.62. The molecule has 2 N–H and O–H groups in total. The Morgan fingerprint density at radius 3 is 2.77 bits per heavy atom. The Kier molecular flexibility index (Phi) is 2.09. The third-order valence-electron chi connectivity index (χ3n) is 2.72. The molecule has 0 atom stereocenters. The lowest BCUT2D eigenvalue weighted by Gasteiger charge is -2.32. The lowest BCUT2D eigenvalue weighted by Crippen LogP contribution is -2.40. The maximum absolute atomic E-state index is 10.3. The number of nitrogens with one attached hydrogen (secondary N) is 1. The molecule has 4 heteroatoms. The fourth-order valence-corrected chi connectivity index (χ4v) is 1.90. The first-order chi connectivity index (χ1) is 6.22. The van der Waals surface area contributed by atoms with E-state index in [4.69, 9.17) is 0 Å². The van der Waals surface area contributed by atoms with Crippen LogP contribution in [0, 0.1) is 0 Å². The van der Waals surface area contributed by atoms with Crippen LogP contribution in [0.3, 0.4) is 0 Å². The van der Waals surface area contributed by atoms with E-state index in [9.17, 15) is 5.11 Å². The van der Waals surface area contributed by atoms with Gasteiger partial charge in [0.2, 0.25) is 0 Å². The van der Waals surface area contributed by atoms with Crippen molar-refractivity contribution in [3.05, 3.63) is 18.2 Å². The largest absolute Gasteiger partial charge is 0.383 e. The van der Waals surface area contributed by atoms with Crippen LogP contribution in [0.5, 0.6) is 0 Å². The Bertz CT molecular complexity index is 289. The van der Waals surface area contributed by atoms with Crippen LogP contribution in [0.2, 0.25) is 0 Å². The fraction of sp³-hybridized carbons (Fsp3) is 0.667. The van der Waals surface area contributed by atoms with Crippen LogP contribution < -0.4 is 5.32 Å². The zero-order chi connectivity index (χ0) is 9.31. The van der Waals surface area contributed by atoms with Gasteiger partial charge in [0, 0.05) is 7.05 Å². The molecule has 2 heterocycles. The lowest BCUT2D eigenvalue weighted by molar-refractivity contribution is -0.000633. The molecule has 4 nitrogen and oxygen atoms in total. The highest BCUT2D eigenvalue weighted by Gasteiger charge is 2.33. The highest BCUT2D eigenvalue weighted by molar-refractivity contribution is 5.11. The van der Waals surface area contributed by atoms with Crippen LogP contribution >= 0.6 is 0 Å². The predicted octanol–water partition coefficient (Wildman–Crippen LogP) is -0.00890. The molecule has 1 aromatic heterocycles. The van der Waals surface area contributed by atoms with Gasteiger partial charge in [0.1, 0.15) is 5.60 Å². The van der Waals surface area contributed by atoms with E-state index in [1.54, 1.807) is 12.5 Å². The molecule has 0 spiro atoms. The van der Waals surface area contributed by atoms with Crippen molar-refractivity contribution >= 4 is 0 Å². The summed E-state index contributed by atoms with van der Waals surface area (Å²) in [5.74, 6) is 0. The van der Waals surface area contributed by atoms with Crippen LogP contribution in [0.4, 0.5) is 0 Å². The van der Waals surface area contributed by atoms with Crippen LogP contribution in [-0.4, -0.2) is 27.7 Å². The first kappa shape index (κ1) is 8.72. The van der Waals surface area contributed by atoms with E-state index in [2.05, 4.69) is 10.3 Å². The van der Waals surface area contributed by atoms with Gasteiger partial charge in [-0.1, -0.05) is 0 Å². The van der Waals surface area contributed by atoms with Crippen molar-refractivity contribution in [1.29, 1.82) is 0 Å². The summed E-state index contributed by atoms with van der Waals surface area (Å²) >= 11 is 0. The second kappa shape index (κ2) is 3.12. The highest BCUT2D eigenvalue weighted by atomic mass is 16.3. The van der Waals surface area contributed by atoms with E-state index >= 15 is 0 Å². The molecular weight excluding hydrogens is 166 g/mol. The van der Waals surface area contributed by atoms with E-state index in [1.165, 1.54) is 0 Å². The minimum atomic E-state index is -0.670. The van der Waals surface area contributed by atoms with Crippen LogP contribution in [0.15, 0.2) is 12.5 Å². The van der Waals surface area contributed by atoms with Crippen molar-refractivity contribution in [1.82, 2.24) is 14.9 Å². The molecule has 2 rings (SSSR count). The first-order valence-electron chi connectivity index (χ1n) is 4.62. The third kappa shape index (κ3) is 1.47. The number of aryl methyl sites for hydroxylation is 1. The fourth-order valence-electron chi connectivity index (χ4n) is 1.90. The molecule has 0 saturated carbocycles. The molecule has 0 unspecified atom stereocenters. The van der Waals surface area contributed by atoms with Gasteiger partial charge in [0.25, 0.3) is 0 Å². The SMILES string of the molecule is Cn1cncc1C1(O)CCNCC1. The molecule has 0 radical (unpaired) electrons. The molecular formula is C9H15N3O. The molecule has 72 valence electrons. The monoisotopic (exact) mass is 181 g/mol. The summed E-state index contributed by atoms with van der Waals surface area (Å²) in [7, 11) is 1.92. The summed E-state index contributed by atoms with van der Waals surface area (Å²) in [6.07, 6.45) is 5.03. The van der Waals surface area contributed by atoms with Crippen molar-refractivity contribution in [2.75, 3.05) is 13.1 Å². The number of hydrogen-bond donors (Lipinski definition) is 2. The Balaban J connectivity index is 2.27. The normalized spacial score (nSPS) is 21.7. The number of nitrogens with zero attached hydrogens (tertiary/aromatic N) is 2. The van der Waals surface area contributed by atoms with Crippen molar-refractivity contribution in [2.24, 2.45) is 7.05 Å². The van der Waals surface area contributed by atoms with Gasteiger partial charge in [-0.25, -0.2) is 4.98 Å². The second-order valence-corrected chi connectivity index (χ2v) is 3.67. The van der Waals surface area contributed by atoms with Gasteiger partial charge >= 0.3 is 0 Å². The van der Waals surface area contributed by atoms with Gasteiger partial charge in [0.05, 0.1) is 18.2 Å². The van der Waals surface area contributed by atoms with E-state index in [-0.39, 0.29) is 0 Å². The number of hydrogen-bond acceptors (Lipinski definition) is 3. The minimum Gasteiger partial charge on any atom is -0.383 e. The molecule has 13 heavy (non-hydrogen) atoms. The van der Waals surface area contributed by atoms with Gasteiger partial charge < -0.3 is 15.0 Å². The summed E-state index contributed by atoms with van der Waals surface area (Å²) < 4.78 is 1.89. The summed E-state index contributed by atoms with van der Waals surface area (Å²) in [5.41, 5.74) is 0.255. The molecule has 1 aliphatic heterocycles. The molecule has 1 aliphatic rings. The van der Waals surface area contributed by atoms with Gasteiger partial charge in [-0.2, -0.15) is 0 Å². The van der Waals surface area contributed by atoms with Crippen molar-refractivity contribution in [3.63, 3.8) is 0 Å². The van der Waals surface area contributed by atoms with Crippen LogP contribution in [0.1, 0.15) is 18.5 Å². The number of aromatic nitrogens is 2. The van der Waals surface area contributed by atoms with Crippen molar-refractivity contribution in [3.8, 4) is 0 Å². The maximum Gasteiger partial charge on any atom is 0.108 e. The minimum absolute atomic E-state index is 0.670. The van der Waals surface area contributed by atoms with Crippen molar-refractivity contribution < 1.29 is 5.11 Å². The van der Waals surface area contributed by atoms with Gasteiger partial charge in [0.15, 0.2) is 0 Å². The van der Waals surface area contributed by atoms with Gasteiger partial charge in [-0.15, -0.1) is 0 Å². The number of aliphatic hydroxyl groups is 1. The Labute approximate surface area is 77.6 Å². The standard InChI is InChI=1S/C9H15N3O/c1-12-7-11-6-8(12)9(13)2-4-10-5-3-9/h6-7,10,13H,2-5H2,1H3. The quantitative estimate of drug-likeness (QED) is 0.640. The molecule has 0 aliphatic carbocycles. The Morgan fingerprint density at radius 1 is 1.54 bits per heavy atom. The van der Waals surface area contributed by atoms with E-state index in [1.807, 2.05) is 11.6 Å². The van der Waals surface area contributed by atoms with Crippen molar-refractivity contribution in [2.45, 2.75) is 18.4 Å². The average molecular weight is 181 g/mol. The topological polar surface area (TPSA) is 50.1 Å². The predicted molar refractivity (Wildman–Crippen MR) is 49.2 cm³/mol. The Hall–Kier alpha value is -0.870. The van der Waals surface area contributed by atoms with Crippen LogP contribution in [0.25, 0.3) is 0 Å². The molecule has 0 aromatic carbocycles. The summed E-state index contributed by atoms with van der Waals surface area (Å²) in [4.78, 5) is 4.02. The molecule has 1 fully saturated rings. The van der Waals surface area contributed by atoms with Gasteiger partial charge in [-0.05, 0) is 25.9 Å². The summed E-state index contributed by atoms with van der Waals surface area (Å²) in [6.45, 7) is 1.75. The summed E-state index contributed by atoms with van der Waals surface area (Å²) in [6, 6.07) is 0.